The molecule has 1 heterocycles. The number of methoxy groups -OCH3 is 1. The molecule has 0 bridgehead atoms. The highest BCUT2D eigenvalue weighted by Gasteiger charge is 2.43. The van der Waals surface area contributed by atoms with E-state index in [0.29, 0.717) is 5.56 Å². The lowest BCUT2D eigenvalue weighted by Crippen LogP contribution is -2.43. The molecular formula is C13H17FN2O4S. The van der Waals surface area contributed by atoms with Gasteiger partial charge in [-0.05, 0) is 24.6 Å². The van der Waals surface area contributed by atoms with Crippen molar-refractivity contribution in [2.24, 2.45) is 5.73 Å². The van der Waals surface area contributed by atoms with Gasteiger partial charge in [0.1, 0.15) is 11.9 Å². The number of primary amides is 1. The molecule has 0 aromatic heterocycles. The number of rotatable bonds is 4. The molecule has 1 aliphatic rings. The van der Waals surface area contributed by atoms with Gasteiger partial charge in [-0.3, -0.25) is 4.79 Å². The Morgan fingerprint density at radius 2 is 2.14 bits per heavy atom. The third-order valence-electron chi connectivity index (χ3n) is 3.62. The number of aryl methyl sites for hydroxylation is 1. The monoisotopic (exact) mass is 316 g/mol. The van der Waals surface area contributed by atoms with Crippen LogP contribution >= 0.6 is 0 Å². The van der Waals surface area contributed by atoms with Crippen molar-refractivity contribution < 1.29 is 22.3 Å². The highest BCUT2D eigenvalue weighted by Crippen LogP contribution is 2.29. The first kappa shape index (κ1) is 15.9. The summed E-state index contributed by atoms with van der Waals surface area (Å²) in [7, 11) is -2.58. The molecule has 1 fully saturated rings. The first-order valence-corrected chi connectivity index (χ1v) is 7.81. The Hall–Kier alpha value is -1.51. The minimum Gasteiger partial charge on any atom is -0.380 e. The lowest BCUT2D eigenvalue weighted by molar-refractivity contribution is -0.121. The quantitative estimate of drug-likeness (QED) is 0.870. The Labute approximate surface area is 122 Å². The minimum absolute atomic E-state index is 0.0163. The van der Waals surface area contributed by atoms with Crippen LogP contribution in [0, 0.1) is 12.7 Å². The fraction of sp³-hybridized carbons (Fsp3) is 0.462. The van der Waals surface area contributed by atoms with E-state index in [1.807, 2.05) is 0 Å². The van der Waals surface area contributed by atoms with Crippen molar-refractivity contribution in [1.82, 2.24) is 4.31 Å². The Balaban J connectivity index is 2.47. The molecule has 116 valence electrons. The number of benzene rings is 1. The van der Waals surface area contributed by atoms with E-state index in [1.54, 1.807) is 6.92 Å². The molecule has 0 radical (unpaired) electrons. The maximum absolute atomic E-state index is 13.4. The maximum atomic E-state index is 13.4. The Kier molecular flexibility index (Phi) is 4.31. The molecule has 0 unspecified atom stereocenters. The Morgan fingerprint density at radius 3 is 2.71 bits per heavy atom. The minimum atomic E-state index is -4.02. The van der Waals surface area contributed by atoms with Crippen molar-refractivity contribution in [2.45, 2.75) is 30.4 Å². The normalized spacial score (nSPS) is 23.4. The third kappa shape index (κ3) is 2.92. The molecule has 2 N–H and O–H groups in total. The lowest BCUT2D eigenvalue weighted by atomic mass is 10.2. The molecule has 0 saturated carbocycles. The molecule has 2 atom stereocenters. The molecule has 2 rings (SSSR count). The summed E-state index contributed by atoms with van der Waals surface area (Å²) in [6, 6.07) is 2.53. The largest absolute Gasteiger partial charge is 0.380 e. The summed E-state index contributed by atoms with van der Waals surface area (Å²) in [5, 5.41) is 0. The number of nitrogens with zero attached hydrogens (tertiary/aromatic N) is 1. The second-order valence-corrected chi connectivity index (χ2v) is 6.86. The molecular weight excluding hydrogens is 299 g/mol. The zero-order valence-electron chi connectivity index (χ0n) is 11.7. The number of carbonyl (C=O) groups is 1. The molecule has 1 aromatic rings. The average molecular weight is 316 g/mol. The number of ether oxygens (including phenoxy) is 1. The van der Waals surface area contributed by atoms with Crippen LogP contribution in [0.1, 0.15) is 12.0 Å². The molecule has 6 nitrogen and oxygen atoms in total. The van der Waals surface area contributed by atoms with Crippen molar-refractivity contribution in [1.29, 1.82) is 0 Å². The van der Waals surface area contributed by atoms with E-state index in [-0.39, 0.29) is 17.9 Å². The number of halogens is 1. The Morgan fingerprint density at radius 1 is 1.48 bits per heavy atom. The summed E-state index contributed by atoms with van der Waals surface area (Å²) >= 11 is 0. The second-order valence-electron chi connectivity index (χ2n) is 5.00. The van der Waals surface area contributed by atoms with E-state index in [9.17, 15) is 17.6 Å². The van der Waals surface area contributed by atoms with E-state index >= 15 is 0 Å². The van der Waals surface area contributed by atoms with Crippen molar-refractivity contribution in [3.63, 3.8) is 0 Å². The second kappa shape index (κ2) is 5.70. The van der Waals surface area contributed by atoms with Crippen LogP contribution in [0.15, 0.2) is 23.1 Å². The third-order valence-corrected chi connectivity index (χ3v) is 5.63. The number of carbonyl (C=O) groups excluding carboxylic acids is 1. The van der Waals surface area contributed by atoms with E-state index in [2.05, 4.69) is 0 Å². The first-order chi connectivity index (χ1) is 9.77. The predicted molar refractivity (Wildman–Crippen MR) is 73.4 cm³/mol. The number of hydrogen-bond acceptors (Lipinski definition) is 4. The molecule has 21 heavy (non-hydrogen) atoms. The zero-order valence-corrected chi connectivity index (χ0v) is 12.6. The Bertz CT molecular complexity index is 662. The number of sulfonamides is 1. The van der Waals surface area contributed by atoms with Gasteiger partial charge in [0.25, 0.3) is 0 Å². The molecule has 1 amide bonds. The van der Waals surface area contributed by atoms with Crippen molar-refractivity contribution in [3.05, 3.63) is 29.6 Å². The maximum Gasteiger partial charge on any atom is 0.244 e. The van der Waals surface area contributed by atoms with Gasteiger partial charge in [0.15, 0.2) is 0 Å². The van der Waals surface area contributed by atoms with E-state index in [0.717, 1.165) is 10.4 Å². The molecule has 1 aromatic carbocycles. The standard InChI is InChI=1S/C13H17FN2O4S/c1-8-3-4-9(14)5-12(8)21(18,19)16-7-10(20-2)6-11(16)13(15)17/h3-5,10-11H,6-7H2,1-2H3,(H2,15,17)/t10-,11-/m0/s1. The fourth-order valence-electron chi connectivity index (χ4n) is 2.44. The van der Waals surface area contributed by atoms with Crippen LogP contribution in [0.25, 0.3) is 0 Å². The number of hydrogen-bond donors (Lipinski definition) is 1. The van der Waals surface area contributed by atoms with Gasteiger partial charge in [0.05, 0.1) is 11.0 Å². The molecule has 0 aliphatic carbocycles. The smallest absolute Gasteiger partial charge is 0.244 e. The highest BCUT2D eigenvalue weighted by molar-refractivity contribution is 7.89. The van der Waals surface area contributed by atoms with Crippen molar-refractivity contribution in [3.8, 4) is 0 Å². The molecule has 1 aliphatic heterocycles. The van der Waals surface area contributed by atoms with Crippen LogP contribution in [0.2, 0.25) is 0 Å². The van der Waals surface area contributed by atoms with Crippen molar-refractivity contribution in [2.75, 3.05) is 13.7 Å². The van der Waals surface area contributed by atoms with Gasteiger partial charge >= 0.3 is 0 Å². The van der Waals surface area contributed by atoms with E-state index in [4.69, 9.17) is 10.5 Å². The SMILES string of the molecule is CO[C@H]1C[C@@H](C(N)=O)N(S(=O)(=O)c2cc(F)ccc2C)C1. The fourth-order valence-corrected chi connectivity index (χ4v) is 4.32. The first-order valence-electron chi connectivity index (χ1n) is 6.37. The summed E-state index contributed by atoms with van der Waals surface area (Å²) in [4.78, 5) is 11.3. The van der Waals surface area contributed by atoms with Gasteiger partial charge in [0, 0.05) is 20.1 Å². The summed E-state index contributed by atoms with van der Waals surface area (Å²) in [5.74, 6) is -1.40. The molecule has 0 spiro atoms. The highest BCUT2D eigenvalue weighted by atomic mass is 32.2. The zero-order chi connectivity index (χ0) is 15.8. The van der Waals surface area contributed by atoms with Crippen LogP contribution in [0.3, 0.4) is 0 Å². The summed E-state index contributed by atoms with van der Waals surface area (Å²) in [5.41, 5.74) is 5.68. The van der Waals surface area contributed by atoms with Crippen LogP contribution in [0.4, 0.5) is 4.39 Å². The van der Waals surface area contributed by atoms with Gasteiger partial charge in [-0.1, -0.05) is 6.07 Å². The summed E-state index contributed by atoms with van der Waals surface area (Å²) in [6.45, 7) is 1.58. The van der Waals surface area contributed by atoms with Crippen LogP contribution in [0.5, 0.6) is 0 Å². The van der Waals surface area contributed by atoms with E-state index < -0.39 is 33.9 Å². The summed E-state index contributed by atoms with van der Waals surface area (Å²) < 4.78 is 44.8. The van der Waals surface area contributed by atoms with Crippen LogP contribution < -0.4 is 5.73 Å². The van der Waals surface area contributed by atoms with Gasteiger partial charge in [-0.25, -0.2) is 12.8 Å². The number of amides is 1. The van der Waals surface area contributed by atoms with Crippen LogP contribution in [-0.2, 0) is 19.6 Å². The van der Waals surface area contributed by atoms with Gasteiger partial charge < -0.3 is 10.5 Å². The van der Waals surface area contributed by atoms with Gasteiger partial charge in [0.2, 0.25) is 15.9 Å². The topological polar surface area (TPSA) is 89.7 Å². The lowest BCUT2D eigenvalue weighted by Gasteiger charge is -2.22. The van der Waals surface area contributed by atoms with Crippen molar-refractivity contribution >= 4 is 15.9 Å². The van der Waals surface area contributed by atoms with Gasteiger partial charge in [-0.2, -0.15) is 4.31 Å². The van der Waals surface area contributed by atoms with Crippen LogP contribution in [-0.4, -0.2) is 44.4 Å². The van der Waals surface area contributed by atoms with E-state index in [1.165, 1.54) is 19.2 Å². The molecule has 8 heteroatoms. The number of nitrogens with two attached hydrogens (primary N) is 1. The average Bonchev–Trinajstić information content (AvgIpc) is 2.86. The predicted octanol–water partition coefficient (Wildman–Crippen LogP) is 0.397. The molecule has 1 saturated heterocycles. The summed E-state index contributed by atoms with van der Waals surface area (Å²) in [6.07, 6.45) is -0.217. The van der Waals surface area contributed by atoms with Gasteiger partial charge in [-0.15, -0.1) is 0 Å².